The smallest absolute Gasteiger partial charge is 0.279 e. The van der Waals surface area contributed by atoms with Crippen molar-refractivity contribution in [3.05, 3.63) is 29.8 Å². The number of aliphatic carboxylic acids is 2. The van der Waals surface area contributed by atoms with Crippen LogP contribution >= 0.6 is 0 Å². The third-order valence-electron chi connectivity index (χ3n) is 3.03. The summed E-state index contributed by atoms with van der Waals surface area (Å²) < 4.78 is 0. The van der Waals surface area contributed by atoms with E-state index in [9.17, 15) is 24.6 Å². The molecule has 0 heterocycles. The van der Waals surface area contributed by atoms with Gasteiger partial charge in [-0.15, -0.1) is 0 Å². The van der Waals surface area contributed by atoms with Gasteiger partial charge in [0.05, 0.1) is 12.0 Å². The minimum absolute atomic E-state index is 0.0908. The van der Waals surface area contributed by atoms with Crippen LogP contribution in [0.4, 0.5) is 0 Å². The normalized spacial score (nSPS) is 13.1. The number of phenols is 1. The standard InChI is InChI=1S/C14H18N2O6/c15-10(7-8-1-3-9(17)4-2-8)13(20)16-11(14(21)22)5-6-12(18)19/h1-4,10-11,17H,5-7,15H2,(H,16,20)(H,18,19)(H,21,22)/p-1/t10-,11-/m0/s1. The van der Waals surface area contributed by atoms with Gasteiger partial charge >= 0.3 is 0 Å². The first-order valence-corrected chi connectivity index (χ1v) is 6.61. The Kier molecular flexibility index (Phi) is 6.33. The van der Waals surface area contributed by atoms with Gasteiger partial charge in [-0.25, -0.2) is 0 Å². The Morgan fingerprint density at radius 1 is 1.18 bits per heavy atom. The topological polar surface area (TPSA) is 157 Å². The molecule has 1 amide bonds. The van der Waals surface area contributed by atoms with Gasteiger partial charge in [0.2, 0.25) is 0 Å². The molecule has 0 saturated heterocycles. The molecular formula is C14H17N2O6-. The molecule has 1 rings (SSSR count). The number of hydrogen-bond acceptors (Lipinski definition) is 6. The van der Waals surface area contributed by atoms with Gasteiger partial charge in [0.1, 0.15) is 5.75 Å². The summed E-state index contributed by atoms with van der Waals surface area (Å²) in [4.78, 5) is 33.1. The molecule has 0 fully saturated rings. The van der Waals surface area contributed by atoms with Gasteiger partial charge in [0, 0.05) is 12.4 Å². The number of rotatable bonds is 8. The largest absolute Gasteiger partial charge is 0.550 e. The molecule has 0 aliphatic rings. The van der Waals surface area contributed by atoms with Crippen LogP contribution in [-0.4, -0.2) is 35.0 Å². The van der Waals surface area contributed by atoms with Crippen molar-refractivity contribution in [1.82, 2.24) is 5.32 Å². The quantitative estimate of drug-likeness (QED) is 0.448. The number of hydrogen-bond donors (Lipinski definition) is 3. The van der Waals surface area contributed by atoms with Crippen LogP contribution in [0, 0.1) is 0 Å². The number of aromatic hydroxyl groups is 1. The van der Waals surface area contributed by atoms with Crippen LogP contribution in [0.25, 0.3) is 0 Å². The molecule has 2 atom stereocenters. The van der Waals surface area contributed by atoms with Gasteiger partial charge < -0.3 is 36.0 Å². The molecule has 1 aromatic rings. The summed E-state index contributed by atoms with van der Waals surface area (Å²) >= 11 is 0. The lowest BCUT2D eigenvalue weighted by Gasteiger charge is -2.21. The Morgan fingerprint density at radius 2 is 1.77 bits per heavy atom. The van der Waals surface area contributed by atoms with Gasteiger partial charge in [-0.1, -0.05) is 12.1 Å². The molecule has 1 aromatic carbocycles. The Labute approximate surface area is 126 Å². The summed E-state index contributed by atoms with van der Waals surface area (Å²) in [7, 11) is 0. The van der Waals surface area contributed by atoms with E-state index < -0.39 is 36.4 Å². The highest BCUT2D eigenvalue weighted by Gasteiger charge is 2.22. The average molecular weight is 309 g/mol. The molecule has 0 aliphatic heterocycles. The second-order valence-electron chi connectivity index (χ2n) is 4.86. The number of nitrogens with one attached hydrogen (secondary N) is 1. The molecule has 0 aliphatic carbocycles. The molecule has 120 valence electrons. The fourth-order valence-electron chi connectivity index (χ4n) is 1.81. The lowest BCUT2D eigenvalue weighted by atomic mass is 10.0. The minimum atomic E-state index is -1.56. The van der Waals surface area contributed by atoms with Crippen molar-refractivity contribution in [2.24, 2.45) is 0 Å². The van der Waals surface area contributed by atoms with Crippen molar-refractivity contribution < 1.29 is 35.4 Å². The number of carbonyl (C=O) groups excluding carboxylic acids is 3. The number of carbonyl (C=O) groups is 3. The van der Waals surface area contributed by atoms with Gasteiger partial charge in [0.25, 0.3) is 5.91 Å². The zero-order chi connectivity index (χ0) is 16.7. The van der Waals surface area contributed by atoms with E-state index in [1.54, 1.807) is 12.1 Å². The number of phenolic OH excluding ortho intramolecular Hbond substituents is 1. The highest BCUT2D eigenvalue weighted by Crippen LogP contribution is 2.10. The summed E-state index contributed by atoms with van der Waals surface area (Å²) in [6.07, 6.45) is -0.576. The average Bonchev–Trinajstić information content (AvgIpc) is 2.44. The molecule has 0 saturated carbocycles. The maximum Gasteiger partial charge on any atom is 0.279 e. The Hall–Kier alpha value is -2.61. The van der Waals surface area contributed by atoms with E-state index in [1.807, 2.05) is 0 Å². The second-order valence-corrected chi connectivity index (χ2v) is 4.86. The third-order valence-corrected chi connectivity index (χ3v) is 3.03. The first-order valence-electron chi connectivity index (χ1n) is 6.61. The van der Waals surface area contributed by atoms with E-state index in [0.717, 1.165) is 5.56 Å². The highest BCUT2D eigenvalue weighted by atomic mass is 16.4. The van der Waals surface area contributed by atoms with Crippen LogP contribution in [0.3, 0.4) is 0 Å². The summed E-state index contributed by atoms with van der Waals surface area (Å²) in [5.41, 5.74) is 4.39. The van der Waals surface area contributed by atoms with Crippen LogP contribution in [0.2, 0.25) is 0 Å². The third kappa shape index (κ3) is 5.80. The van der Waals surface area contributed by atoms with Crippen molar-refractivity contribution in [3.63, 3.8) is 0 Å². The highest BCUT2D eigenvalue weighted by molar-refractivity contribution is 5.85. The first kappa shape index (κ1) is 17.4. The van der Waals surface area contributed by atoms with Crippen molar-refractivity contribution in [1.29, 1.82) is 0 Å². The van der Waals surface area contributed by atoms with Crippen molar-refractivity contribution >= 4 is 17.8 Å². The fraction of sp³-hybridized carbons (Fsp3) is 0.357. The van der Waals surface area contributed by atoms with E-state index in [0.29, 0.717) is 0 Å². The second kappa shape index (κ2) is 7.99. The number of amides is 1. The summed E-state index contributed by atoms with van der Waals surface area (Å²) in [6, 6.07) is 3.98. The Balaban J connectivity index is 2.58. The van der Waals surface area contributed by atoms with E-state index in [1.165, 1.54) is 12.1 Å². The maximum absolute atomic E-state index is 11.9. The lowest BCUT2D eigenvalue weighted by Crippen LogP contribution is -2.69. The SMILES string of the molecule is [NH3+][C@@H](Cc1ccc(O)cc1)C(=O)N[C@@H](CCC(=O)[O-])C(=O)[O-]. The van der Waals surface area contributed by atoms with Crippen LogP contribution in [-0.2, 0) is 20.8 Å². The predicted octanol–water partition coefficient (Wildman–Crippen LogP) is -3.69. The molecule has 5 N–H and O–H groups in total. The van der Waals surface area contributed by atoms with Crippen LogP contribution < -0.4 is 21.3 Å². The molecule has 22 heavy (non-hydrogen) atoms. The molecule has 0 spiro atoms. The first-order chi connectivity index (χ1) is 10.3. The zero-order valence-corrected chi connectivity index (χ0v) is 11.8. The van der Waals surface area contributed by atoms with Crippen molar-refractivity contribution in [2.75, 3.05) is 0 Å². The van der Waals surface area contributed by atoms with Gasteiger partial charge in [-0.05, 0) is 30.5 Å². The molecule has 0 aromatic heterocycles. The lowest BCUT2D eigenvalue weighted by molar-refractivity contribution is -0.403. The van der Waals surface area contributed by atoms with Crippen molar-refractivity contribution in [3.8, 4) is 5.75 Å². The molecule has 0 bridgehead atoms. The number of quaternary nitrogens is 1. The summed E-state index contributed by atoms with van der Waals surface area (Å²) in [6.45, 7) is 0. The number of carboxylic acid groups (broad SMARTS) is 2. The molecule has 0 unspecified atom stereocenters. The monoisotopic (exact) mass is 309 g/mol. The van der Waals surface area contributed by atoms with Crippen molar-refractivity contribution in [2.45, 2.75) is 31.3 Å². The van der Waals surface area contributed by atoms with Gasteiger partial charge in [0.15, 0.2) is 6.04 Å². The van der Waals surface area contributed by atoms with Crippen LogP contribution in [0.15, 0.2) is 24.3 Å². The van der Waals surface area contributed by atoms with E-state index in [4.69, 9.17) is 5.11 Å². The Bertz CT molecular complexity index is 543. The Morgan fingerprint density at radius 3 is 2.27 bits per heavy atom. The molecular weight excluding hydrogens is 292 g/mol. The van der Waals surface area contributed by atoms with Gasteiger partial charge in [-0.3, -0.25) is 4.79 Å². The van der Waals surface area contributed by atoms with E-state index in [-0.39, 0.29) is 18.6 Å². The summed E-state index contributed by atoms with van der Waals surface area (Å²) in [5, 5.41) is 32.6. The molecule has 8 heteroatoms. The van der Waals surface area contributed by atoms with Crippen LogP contribution in [0.1, 0.15) is 18.4 Å². The van der Waals surface area contributed by atoms with E-state index >= 15 is 0 Å². The zero-order valence-electron chi connectivity index (χ0n) is 11.8. The number of carboxylic acids is 2. The predicted molar refractivity (Wildman–Crippen MR) is 69.7 cm³/mol. The maximum atomic E-state index is 11.9. The molecule has 0 radical (unpaired) electrons. The fourth-order valence-corrected chi connectivity index (χ4v) is 1.81. The van der Waals surface area contributed by atoms with E-state index in [2.05, 4.69) is 11.1 Å². The molecule has 8 nitrogen and oxygen atoms in total. The van der Waals surface area contributed by atoms with Crippen LogP contribution in [0.5, 0.6) is 5.75 Å². The van der Waals surface area contributed by atoms with Gasteiger partial charge in [-0.2, -0.15) is 0 Å². The number of benzene rings is 1. The minimum Gasteiger partial charge on any atom is -0.550 e. The summed E-state index contributed by atoms with van der Waals surface area (Å²) in [5.74, 6) is -3.50.